The minimum absolute atomic E-state index is 0.168. The van der Waals surface area contributed by atoms with Gasteiger partial charge in [0.15, 0.2) is 0 Å². The number of benzene rings is 2. The molecule has 0 spiro atoms. The van der Waals surface area contributed by atoms with Crippen LogP contribution in [0.25, 0.3) is 11.1 Å². The van der Waals surface area contributed by atoms with Gasteiger partial charge in [0, 0.05) is 11.3 Å². The smallest absolute Gasteiger partial charge is 0.466 e. The van der Waals surface area contributed by atoms with Crippen LogP contribution in [0.3, 0.4) is 0 Å². The van der Waals surface area contributed by atoms with Gasteiger partial charge in [0.05, 0.1) is 20.3 Å². The second-order valence-electron chi connectivity index (χ2n) is 5.32. The Morgan fingerprint density at radius 3 is 2.18 bits per heavy atom. The van der Waals surface area contributed by atoms with E-state index < -0.39 is 18.3 Å². The zero-order valence-electron chi connectivity index (χ0n) is 14.9. The minimum Gasteiger partial charge on any atom is -0.466 e. The number of esters is 2. The third kappa shape index (κ3) is 5.76. The molecule has 0 bridgehead atoms. The zero-order valence-corrected chi connectivity index (χ0v) is 14.9. The second-order valence-corrected chi connectivity index (χ2v) is 5.32. The molecule has 1 N–H and O–H groups in total. The van der Waals surface area contributed by atoms with Crippen molar-refractivity contribution in [3.05, 3.63) is 60.3 Å². The third-order valence-electron chi connectivity index (χ3n) is 3.46. The molecule has 0 saturated carbocycles. The van der Waals surface area contributed by atoms with Crippen molar-refractivity contribution < 1.29 is 37.0 Å². The maximum atomic E-state index is 12.3. The molecule has 0 atom stereocenters. The molecule has 9 heteroatoms. The number of hydrogen-bond donors (Lipinski definition) is 1. The molecule has 2 aromatic carbocycles. The van der Waals surface area contributed by atoms with Crippen LogP contribution in [0, 0.1) is 0 Å². The summed E-state index contributed by atoms with van der Waals surface area (Å²) in [5, 5.41) is 2.79. The van der Waals surface area contributed by atoms with Crippen LogP contribution in [-0.2, 0) is 19.1 Å². The van der Waals surface area contributed by atoms with Crippen molar-refractivity contribution in [2.45, 2.75) is 6.36 Å². The first kappa shape index (κ1) is 20.8. The molecule has 0 aliphatic heterocycles. The van der Waals surface area contributed by atoms with Gasteiger partial charge in [0.25, 0.3) is 0 Å². The molecule has 0 heterocycles. The summed E-state index contributed by atoms with van der Waals surface area (Å²) in [6.07, 6.45) is -3.85. The SMILES string of the molecule is COC(=O)/C=C(/Nc1ccccc1-c1ccc(OC(F)(F)F)cc1)C(=O)OC. The number of halogens is 3. The first-order chi connectivity index (χ1) is 13.2. The quantitative estimate of drug-likeness (QED) is 0.591. The second kappa shape index (κ2) is 8.94. The van der Waals surface area contributed by atoms with Crippen LogP contribution in [0.2, 0.25) is 0 Å². The predicted molar refractivity (Wildman–Crippen MR) is 94.3 cm³/mol. The summed E-state index contributed by atoms with van der Waals surface area (Å²) < 4.78 is 49.9. The van der Waals surface area contributed by atoms with E-state index in [0.717, 1.165) is 20.3 Å². The average molecular weight is 395 g/mol. The first-order valence-electron chi connectivity index (χ1n) is 7.83. The number of ether oxygens (including phenoxy) is 3. The topological polar surface area (TPSA) is 73.9 Å². The Hall–Kier alpha value is -3.49. The van der Waals surface area contributed by atoms with Gasteiger partial charge in [-0.25, -0.2) is 9.59 Å². The van der Waals surface area contributed by atoms with Gasteiger partial charge in [0.1, 0.15) is 11.4 Å². The maximum absolute atomic E-state index is 12.3. The Morgan fingerprint density at radius 2 is 1.61 bits per heavy atom. The van der Waals surface area contributed by atoms with E-state index in [4.69, 9.17) is 0 Å². The summed E-state index contributed by atoms with van der Waals surface area (Å²) in [4.78, 5) is 23.4. The lowest BCUT2D eigenvalue weighted by Gasteiger charge is -2.14. The van der Waals surface area contributed by atoms with E-state index in [1.165, 1.54) is 24.3 Å². The molecule has 0 amide bonds. The maximum Gasteiger partial charge on any atom is 0.573 e. The molecule has 0 aromatic heterocycles. The largest absolute Gasteiger partial charge is 0.573 e. The first-order valence-corrected chi connectivity index (χ1v) is 7.83. The van der Waals surface area contributed by atoms with Gasteiger partial charge in [-0.3, -0.25) is 0 Å². The van der Waals surface area contributed by atoms with Crippen LogP contribution in [-0.4, -0.2) is 32.5 Å². The zero-order chi connectivity index (χ0) is 20.7. The predicted octanol–water partition coefficient (Wildman–Crippen LogP) is 3.89. The molecule has 0 radical (unpaired) electrons. The van der Waals surface area contributed by atoms with Gasteiger partial charge >= 0.3 is 18.3 Å². The summed E-state index contributed by atoms with van der Waals surface area (Å²) in [5.74, 6) is -1.92. The van der Waals surface area contributed by atoms with Gasteiger partial charge in [-0.2, -0.15) is 0 Å². The lowest BCUT2D eigenvalue weighted by molar-refractivity contribution is -0.274. The fourth-order valence-electron chi connectivity index (χ4n) is 2.26. The Kier molecular flexibility index (Phi) is 6.64. The molecular weight excluding hydrogens is 379 g/mol. The van der Waals surface area contributed by atoms with E-state index in [0.29, 0.717) is 16.8 Å². The number of alkyl halides is 3. The highest BCUT2D eigenvalue weighted by molar-refractivity contribution is 5.99. The normalized spacial score (nSPS) is 11.5. The van der Waals surface area contributed by atoms with Gasteiger partial charge in [0.2, 0.25) is 0 Å². The van der Waals surface area contributed by atoms with Crippen molar-refractivity contribution in [1.29, 1.82) is 0 Å². The Bertz CT molecular complexity index is 876. The number of para-hydroxylation sites is 1. The van der Waals surface area contributed by atoms with Gasteiger partial charge in [-0.1, -0.05) is 30.3 Å². The summed E-state index contributed by atoms with van der Waals surface area (Å²) in [5.41, 5.74) is 1.38. The number of nitrogens with one attached hydrogen (secondary N) is 1. The number of carbonyl (C=O) groups is 2. The number of anilines is 1. The molecule has 28 heavy (non-hydrogen) atoms. The monoisotopic (exact) mass is 395 g/mol. The number of hydrogen-bond acceptors (Lipinski definition) is 6. The highest BCUT2D eigenvalue weighted by Crippen LogP contribution is 2.31. The molecule has 0 aliphatic carbocycles. The number of methoxy groups -OCH3 is 2. The molecule has 148 valence electrons. The molecule has 0 aliphatic rings. The summed E-state index contributed by atoms with van der Waals surface area (Å²) in [6, 6.07) is 11.9. The van der Waals surface area contributed by atoms with E-state index in [2.05, 4.69) is 19.5 Å². The molecule has 0 unspecified atom stereocenters. The van der Waals surface area contributed by atoms with Crippen LogP contribution in [0.15, 0.2) is 60.3 Å². The van der Waals surface area contributed by atoms with Gasteiger partial charge in [-0.15, -0.1) is 13.2 Å². The van der Waals surface area contributed by atoms with E-state index in [9.17, 15) is 22.8 Å². The van der Waals surface area contributed by atoms with Crippen LogP contribution in [0.1, 0.15) is 0 Å². The van der Waals surface area contributed by atoms with E-state index >= 15 is 0 Å². The fourth-order valence-corrected chi connectivity index (χ4v) is 2.26. The highest BCUT2D eigenvalue weighted by atomic mass is 19.4. The van der Waals surface area contributed by atoms with Crippen molar-refractivity contribution in [1.82, 2.24) is 0 Å². The van der Waals surface area contributed by atoms with E-state index in [1.807, 2.05) is 0 Å². The summed E-state index contributed by atoms with van der Waals surface area (Å²) in [6.45, 7) is 0. The number of carbonyl (C=O) groups excluding carboxylic acids is 2. The van der Waals surface area contributed by atoms with Crippen LogP contribution >= 0.6 is 0 Å². The summed E-state index contributed by atoms with van der Waals surface area (Å²) >= 11 is 0. The Morgan fingerprint density at radius 1 is 0.964 bits per heavy atom. The Balaban J connectivity index is 2.35. The molecular formula is C19H16F3NO5. The van der Waals surface area contributed by atoms with Crippen LogP contribution in [0.4, 0.5) is 18.9 Å². The van der Waals surface area contributed by atoms with Crippen LogP contribution in [0.5, 0.6) is 5.75 Å². The standard InChI is InChI=1S/C19H16F3NO5/c1-26-17(24)11-16(18(25)27-2)23-15-6-4-3-5-14(15)12-7-9-13(10-8-12)28-19(20,21)22/h3-11,23H,1-2H3/b16-11+. The molecule has 6 nitrogen and oxygen atoms in total. The highest BCUT2D eigenvalue weighted by Gasteiger charge is 2.31. The molecule has 0 saturated heterocycles. The average Bonchev–Trinajstić information content (AvgIpc) is 2.66. The van der Waals surface area contributed by atoms with Gasteiger partial charge in [-0.05, 0) is 23.8 Å². The number of rotatable bonds is 6. The lowest BCUT2D eigenvalue weighted by Crippen LogP contribution is -2.17. The van der Waals surface area contributed by atoms with E-state index in [-0.39, 0.29) is 11.4 Å². The van der Waals surface area contributed by atoms with Crippen molar-refractivity contribution in [2.24, 2.45) is 0 Å². The Labute approximate surface area is 158 Å². The molecule has 0 fully saturated rings. The molecule has 2 aromatic rings. The van der Waals surface area contributed by atoms with Gasteiger partial charge < -0.3 is 19.5 Å². The summed E-state index contributed by atoms with van der Waals surface area (Å²) in [7, 11) is 2.31. The molecule has 2 rings (SSSR count). The van der Waals surface area contributed by atoms with Crippen LogP contribution < -0.4 is 10.1 Å². The van der Waals surface area contributed by atoms with Crippen molar-refractivity contribution in [3.8, 4) is 16.9 Å². The lowest BCUT2D eigenvalue weighted by atomic mass is 10.0. The van der Waals surface area contributed by atoms with Crippen molar-refractivity contribution in [3.63, 3.8) is 0 Å². The van der Waals surface area contributed by atoms with E-state index in [1.54, 1.807) is 24.3 Å². The minimum atomic E-state index is -4.78. The fraction of sp³-hybridized carbons (Fsp3) is 0.158. The van der Waals surface area contributed by atoms with Crippen molar-refractivity contribution in [2.75, 3.05) is 19.5 Å². The third-order valence-corrected chi connectivity index (χ3v) is 3.46. The van der Waals surface area contributed by atoms with Crippen molar-refractivity contribution >= 4 is 17.6 Å².